The highest BCUT2D eigenvalue weighted by molar-refractivity contribution is 7.49. The second-order valence-electron chi connectivity index (χ2n) is 13.1. The maximum Gasteiger partial charge on any atom is 0.472 e. The van der Waals surface area contributed by atoms with E-state index < -0.39 is 236 Å². The van der Waals surface area contributed by atoms with E-state index >= 15 is 0 Å². The van der Waals surface area contributed by atoms with E-state index in [1.54, 1.807) is 0 Å². The fourth-order valence-corrected chi connectivity index (χ4v) is 10.4. The summed E-state index contributed by atoms with van der Waals surface area (Å²) in [5.74, 6) is -2.49. The van der Waals surface area contributed by atoms with Crippen molar-refractivity contribution in [3.05, 3.63) is 0 Å². The van der Waals surface area contributed by atoms with Gasteiger partial charge in [0.05, 0.1) is 145 Å². The van der Waals surface area contributed by atoms with E-state index in [2.05, 4.69) is 86.0 Å². The molecule has 0 aromatic heterocycles. The second-order valence-corrected chi connectivity index (χ2v) is 27.5. The smallest absolute Gasteiger partial charge is 0.396 e. The van der Waals surface area contributed by atoms with Gasteiger partial charge in [-0.15, -0.1) is 0 Å². The van der Waals surface area contributed by atoms with Crippen molar-refractivity contribution in [2.75, 3.05) is 145 Å². The Morgan fingerprint density at radius 2 is 0.390 bits per heavy atom. The Morgan fingerprint density at radius 1 is 0.247 bits per heavy atom. The van der Waals surface area contributed by atoms with Crippen LogP contribution in [0.2, 0.25) is 0 Å². The Balaban J connectivity index is 4.26. The van der Waals surface area contributed by atoms with Crippen LogP contribution in [0.5, 0.6) is 0 Å². The first kappa shape index (κ1) is 77.9. The molecular formula is C24H58F2O41P10. The highest BCUT2D eigenvalue weighted by atomic mass is 31.2. The lowest BCUT2D eigenvalue weighted by atomic mass is 10.2. The molecule has 0 rings (SSSR count). The summed E-state index contributed by atoms with van der Waals surface area (Å²) in [5.41, 5.74) is 0. The van der Waals surface area contributed by atoms with Crippen LogP contribution in [-0.4, -0.2) is 204 Å². The van der Waals surface area contributed by atoms with E-state index in [-0.39, 0.29) is 0 Å². The van der Waals surface area contributed by atoms with Gasteiger partial charge in [-0.3, -0.25) is 94.7 Å². The van der Waals surface area contributed by atoms with Crippen molar-refractivity contribution in [3.63, 3.8) is 0 Å². The molecule has 0 aliphatic carbocycles. The van der Waals surface area contributed by atoms with E-state index in [0.29, 0.717) is 0 Å². The predicted molar refractivity (Wildman–Crippen MR) is 240 cm³/mol. The number of rotatable bonds is 52. The summed E-state index contributed by atoms with van der Waals surface area (Å²) in [4.78, 5) is 104. The molecule has 0 radical (unpaired) electrons. The zero-order chi connectivity index (χ0) is 59.1. The number of hydrogen-bond donors (Lipinski definition) is 12. The van der Waals surface area contributed by atoms with Crippen LogP contribution >= 0.6 is 78.2 Å². The molecule has 0 aliphatic rings. The number of hydrogen-bond acceptors (Lipinski definition) is 30. The van der Waals surface area contributed by atoms with Crippen molar-refractivity contribution in [2.45, 2.75) is 0 Å². The third-order valence-corrected chi connectivity index (χ3v) is 16.4. The third kappa shape index (κ3) is 46.0. The van der Waals surface area contributed by atoms with Gasteiger partial charge >= 0.3 is 78.2 Å². The molecule has 41 nitrogen and oxygen atoms in total. The Labute approximate surface area is 434 Å². The van der Waals surface area contributed by atoms with Gasteiger partial charge in [0.25, 0.3) is 0 Å². The topological polar surface area (TPSA) is 589 Å². The van der Waals surface area contributed by atoms with Gasteiger partial charge < -0.3 is 58.9 Å². The predicted octanol–water partition coefficient (Wildman–Crippen LogP) is 1.46. The first-order chi connectivity index (χ1) is 35.3. The summed E-state index contributed by atoms with van der Waals surface area (Å²) in [6.45, 7) is -19.9. The van der Waals surface area contributed by atoms with E-state index in [1.165, 1.54) is 0 Å². The zero-order valence-electron chi connectivity index (χ0n) is 39.1. The number of aliphatic hydroxyl groups is 1. The Hall–Kier alpha value is 0.920. The first-order valence-corrected chi connectivity index (χ1v) is 35.3. The largest absolute Gasteiger partial charge is 0.472 e. The lowest BCUT2D eigenvalue weighted by molar-refractivity contribution is 0.0693. The normalized spacial score (nSPS) is 20.4. The van der Waals surface area contributed by atoms with Crippen LogP contribution in [0.3, 0.4) is 0 Å². The number of alkyl halides is 2. The molecule has 0 fully saturated rings. The highest BCUT2D eigenvalue weighted by Gasteiger charge is 2.31. The van der Waals surface area contributed by atoms with Crippen molar-refractivity contribution in [1.82, 2.24) is 0 Å². The van der Waals surface area contributed by atoms with Gasteiger partial charge in [-0.05, 0) is 0 Å². The quantitative estimate of drug-likeness (QED) is 0.0303. The van der Waals surface area contributed by atoms with Crippen LogP contribution in [-0.2, 0) is 132 Å². The first-order valence-electron chi connectivity index (χ1n) is 20.3. The molecular weight excluding hydrogens is 1290 g/mol. The fourth-order valence-electron chi connectivity index (χ4n) is 3.66. The highest BCUT2D eigenvalue weighted by Crippen LogP contribution is 2.51. The standard InChI is InChI=1S/C24H58F2O41P10/c25-17-23(19-27)20-66-76(45,46)63-15-13-61-74(41,42)59-11-9-57-72(37,38)55-7-5-53-70(33,34)51-3-1-49-69(31,32)50-2-4-52-71(35,36)54-6-8-56-73(39,40)58-10-12-60-75(43,44)62-14-16-64-77(47,48)67-22-24(18-26)21-65-68(28,29)30/h23-24,27H,1-22H2,(H,31,32)(H,33,34)(H,35,36)(H,37,38)(H,39,40)(H,41,42)(H,43,44)(H,45,46)(H,47,48)(H2,28,29,30). The minimum Gasteiger partial charge on any atom is -0.396 e. The van der Waals surface area contributed by atoms with Crippen LogP contribution < -0.4 is 0 Å². The summed E-state index contributed by atoms with van der Waals surface area (Å²) < 4.78 is 227. The number of halogens is 2. The molecule has 0 saturated heterocycles. The van der Waals surface area contributed by atoms with Crippen molar-refractivity contribution < 1.29 is 199 Å². The van der Waals surface area contributed by atoms with Gasteiger partial charge in [0.15, 0.2) is 0 Å². The number of aliphatic hydroxyl groups excluding tert-OH is 1. The molecule has 11 unspecified atom stereocenters. The van der Waals surface area contributed by atoms with Crippen molar-refractivity contribution in [3.8, 4) is 0 Å². The maximum atomic E-state index is 12.9. The minimum atomic E-state index is -4.99. The van der Waals surface area contributed by atoms with Crippen LogP contribution in [0, 0.1) is 11.8 Å². The lowest BCUT2D eigenvalue weighted by Crippen LogP contribution is -2.17. The van der Waals surface area contributed by atoms with Gasteiger partial charge in [-0.2, -0.15) is 0 Å². The summed E-state index contributed by atoms with van der Waals surface area (Å²) in [6, 6.07) is 0. The van der Waals surface area contributed by atoms with Gasteiger partial charge in [0, 0.05) is 11.8 Å². The molecule has 0 aromatic rings. The van der Waals surface area contributed by atoms with E-state index in [1.807, 2.05) is 0 Å². The summed E-state index contributed by atoms with van der Waals surface area (Å²) in [7, 11) is -49.4. The Kier molecular flexibility index (Phi) is 38.5. The maximum absolute atomic E-state index is 12.9. The van der Waals surface area contributed by atoms with Crippen LogP contribution in [0.4, 0.5) is 8.78 Å². The second kappa shape index (κ2) is 38.1. The molecule has 0 bridgehead atoms. The lowest BCUT2D eigenvalue weighted by Gasteiger charge is -2.17. The van der Waals surface area contributed by atoms with Gasteiger partial charge in [-0.1, -0.05) is 0 Å². The molecule has 0 spiro atoms. The molecule has 0 aliphatic heterocycles. The van der Waals surface area contributed by atoms with Gasteiger partial charge in [0.2, 0.25) is 0 Å². The molecule has 53 heteroatoms. The minimum absolute atomic E-state index is 0.682. The molecule has 77 heavy (non-hydrogen) atoms. The van der Waals surface area contributed by atoms with E-state index in [0.717, 1.165) is 0 Å². The zero-order valence-corrected chi connectivity index (χ0v) is 48.1. The monoisotopic (exact) mass is 1350 g/mol. The summed E-state index contributed by atoms with van der Waals surface area (Å²) in [6.07, 6.45) is 0. The third-order valence-electron chi connectivity index (χ3n) is 6.86. The molecule has 0 heterocycles. The fraction of sp³-hybridized carbons (Fsp3) is 1.00. The Morgan fingerprint density at radius 3 is 0.532 bits per heavy atom. The summed E-state index contributed by atoms with van der Waals surface area (Å²) in [5, 5.41) is 8.83. The Bertz CT molecular complexity index is 2160. The molecule has 0 aromatic carbocycles. The van der Waals surface area contributed by atoms with Crippen molar-refractivity contribution >= 4 is 78.2 Å². The summed E-state index contributed by atoms with van der Waals surface area (Å²) >= 11 is 0. The van der Waals surface area contributed by atoms with Crippen molar-refractivity contribution in [1.29, 1.82) is 0 Å². The number of phosphoric ester groups is 10. The van der Waals surface area contributed by atoms with Gasteiger partial charge in [0.1, 0.15) is 0 Å². The molecule has 12 N–H and O–H groups in total. The van der Waals surface area contributed by atoms with E-state index in [4.69, 9.17) is 14.9 Å². The SMILES string of the molecule is O=P(O)(O)OCC(CF)COP(=O)(O)OCCOP(=O)(O)OCCOP(=O)(O)OCCOP(=O)(O)OCCOP(=O)(O)OCCOP(=O)(O)OCCOP(=O)(O)OCCOP(=O)(O)OCCOP(=O)(O)OCC(CO)CF. The average Bonchev–Trinajstić information content (AvgIpc) is 3.30. The van der Waals surface area contributed by atoms with E-state index in [9.17, 15) is 98.5 Å². The molecule has 0 amide bonds. The van der Waals surface area contributed by atoms with Gasteiger partial charge in [-0.25, -0.2) is 45.7 Å². The molecule has 464 valence electrons. The molecule has 11 atom stereocenters. The van der Waals surface area contributed by atoms with Crippen molar-refractivity contribution in [2.24, 2.45) is 11.8 Å². The number of phosphoric acid groups is 10. The van der Waals surface area contributed by atoms with Crippen LogP contribution in [0.1, 0.15) is 0 Å². The molecule has 0 saturated carbocycles. The van der Waals surface area contributed by atoms with Crippen LogP contribution in [0.25, 0.3) is 0 Å². The average molecular weight is 1350 g/mol. The van der Waals surface area contributed by atoms with Crippen LogP contribution in [0.15, 0.2) is 0 Å².